The van der Waals surface area contributed by atoms with E-state index in [1.807, 2.05) is 13.8 Å². The maximum Gasteiger partial charge on any atom is 0.195 e. The second-order valence-electron chi connectivity index (χ2n) is 5.31. The Hall–Kier alpha value is 0.310. The van der Waals surface area contributed by atoms with Gasteiger partial charge in [-0.3, -0.25) is 0 Å². The van der Waals surface area contributed by atoms with Gasteiger partial charge in [0.15, 0.2) is 6.49 Å². The summed E-state index contributed by atoms with van der Waals surface area (Å²) in [6.07, 6.45) is 4.64. The molecule has 0 radical (unpaired) electrons. The van der Waals surface area contributed by atoms with Crippen molar-refractivity contribution in [3.8, 4) is 0 Å². The maximum absolute atomic E-state index is 5.87. The summed E-state index contributed by atoms with van der Waals surface area (Å²) >= 11 is 5.76. The molecule has 0 heterocycles. The molecule has 0 aliphatic heterocycles. The molecular formula is C14H27O2PS. The Kier molecular flexibility index (Phi) is 6.54. The SMILES string of the molecule is CCOP(=S)(OCC)[C@@H]1C[C@@H](C(C)C)CC=C1C. The highest BCUT2D eigenvalue weighted by molar-refractivity contribution is 8.10. The van der Waals surface area contributed by atoms with Crippen molar-refractivity contribution in [2.45, 2.75) is 53.1 Å². The van der Waals surface area contributed by atoms with Gasteiger partial charge in [-0.25, -0.2) is 0 Å². The quantitative estimate of drug-likeness (QED) is 0.519. The molecule has 0 unspecified atom stereocenters. The Morgan fingerprint density at radius 1 is 1.33 bits per heavy atom. The zero-order valence-corrected chi connectivity index (χ0v) is 14.0. The number of rotatable bonds is 6. The van der Waals surface area contributed by atoms with Crippen LogP contribution < -0.4 is 0 Å². The molecule has 0 bridgehead atoms. The largest absolute Gasteiger partial charge is 0.329 e. The molecule has 0 amide bonds. The summed E-state index contributed by atoms with van der Waals surface area (Å²) < 4.78 is 11.7. The summed E-state index contributed by atoms with van der Waals surface area (Å²) in [6, 6.07) is 0. The monoisotopic (exact) mass is 290 g/mol. The van der Waals surface area contributed by atoms with Crippen molar-refractivity contribution in [2.75, 3.05) is 13.2 Å². The smallest absolute Gasteiger partial charge is 0.195 e. The van der Waals surface area contributed by atoms with E-state index in [1.54, 1.807) is 0 Å². The molecule has 4 heteroatoms. The van der Waals surface area contributed by atoms with Crippen molar-refractivity contribution in [1.29, 1.82) is 0 Å². The Bertz CT molecular complexity index is 329. The molecule has 2 nitrogen and oxygen atoms in total. The topological polar surface area (TPSA) is 18.5 Å². The first-order valence-electron chi connectivity index (χ1n) is 7.00. The summed E-state index contributed by atoms with van der Waals surface area (Å²) in [5, 5.41) is 0. The van der Waals surface area contributed by atoms with Crippen molar-refractivity contribution >= 4 is 18.3 Å². The molecule has 2 atom stereocenters. The first-order valence-corrected chi connectivity index (χ1v) is 9.70. The normalized spacial score (nSPS) is 25.3. The molecule has 106 valence electrons. The second-order valence-corrected chi connectivity index (χ2v) is 9.06. The van der Waals surface area contributed by atoms with E-state index < -0.39 is 6.49 Å². The molecule has 1 aliphatic rings. The van der Waals surface area contributed by atoms with E-state index in [4.69, 9.17) is 20.9 Å². The minimum absolute atomic E-state index is 0.313. The molecule has 0 fully saturated rings. The van der Waals surface area contributed by atoms with Gasteiger partial charge in [0.1, 0.15) is 0 Å². The van der Waals surface area contributed by atoms with Crippen LogP contribution in [0.2, 0.25) is 0 Å². The van der Waals surface area contributed by atoms with Gasteiger partial charge in [-0.2, -0.15) is 0 Å². The summed E-state index contributed by atoms with van der Waals surface area (Å²) in [6.45, 7) is 9.90. The van der Waals surface area contributed by atoms with Crippen LogP contribution in [0.15, 0.2) is 11.6 Å². The van der Waals surface area contributed by atoms with Gasteiger partial charge in [-0.15, -0.1) is 0 Å². The molecular weight excluding hydrogens is 263 g/mol. The zero-order valence-electron chi connectivity index (χ0n) is 12.3. The lowest BCUT2D eigenvalue weighted by Crippen LogP contribution is -2.25. The van der Waals surface area contributed by atoms with E-state index in [1.165, 1.54) is 12.0 Å². The van der Waals surface area contributed by atoms with Crippen LogP contribution in [0.3, 0.4) is 0 Å². The standard InChI is InChI=1S/C14H27O2PS/c1-6-15-17(18,16-7-2)14-10-13(11(3)4)9-8-12(14)5/h8,11,13-14H,6-7,9-10H2,1-5H3/t13-,14+/m0/s1. The molecule has 0 saturated carbocycles. The fourth-order valence-electron chi connectivity index (χ4n) is 2.54. The van der Waals surface area contributed by atoms with Gasteiger partial charge < -0.3 is 9.05 Å². The highest BCUT2D eigenvalue weighted by Gasteiger charge is 2.36. The molecule has 0 aromatic heterocycles. The van der Waals surface area contributed by atoms with Gasteiger partial charge in [-0.1, -0.05) is 25.5 Å². The van der Waals surface area contributed by atoms with Crippen LogP contribution in [0.25, 0.3) is 0 Å². The van der Waals surface area contributed by atoms with Crippen LogP contribution in [-0.4, -0.2) is 18.9 Å². The van der Waals surface area contributed by atoms with Crippen molar-refractivity contribution in [3.63, 3.8) is 0 Å². The summed E-state index contributed by atoms with van der Waals surface area (Å²) in [4.78, 5) is 0. The van der Waals surface area contributed by atoms with Gasteiger partial charge in [0.2, 0.25) is 0 Å². The van der Waals surface area contributed by atoms with Gasteiger partial charge in [0, 0.05) is 0 Å². The first kappa shape index (κ1) is 16.4. The summed E-state index contributed by atoms with van der Waals surface area (Å²) in [7, 11) is 0. The van der Waals surface area contributed by atoms with E-state index in [0.29, 0.717) is 30.7 Å². The fraction of sp³-hybridized carbons (Fsp3) is 0.857. The van der Waals surface area contributed by atoms with Gasteiger partial charge in [0.05, 0.1) is 18.9 Å². The van der Waals surface area contributed by atoms with Crippen molar-refractivity contribution < 1.29 is 9.05 Å². The lowest BCUT2D eigenvalue weighted by Gasteiger charge is -2.37. The summed E-state index contributed by atoms with van der Waals surface area (Å²) in [5.74, 6) is 1.41. The van der Waals surface area contributed by atoms with E-state index >= 15 is 0 Å². The first-order chi connectivity index (χ1) is 8.44. The summed E-state index contributed by atoms with van der Waals surface area (Å²) in [5.41, 5.74) is 1.69. The van der Waals surface area contributed by atoms with Crippen molar-refractivity contribution in [3.05, 3.63) is 11.6 Å². The number of hydrogen-bond donors (Lipinski definition) is 0. The maximum atomic E-state index is 5.87. The molecule has 0 aromatic rings. The minimum Gasteiger partial charge on any atom is -0.329 e. The predicted octanol–water partition coefficient (Wildman–Crippen LogP) is 4.75. The average Bonchev–Trinajstić information content (AvgIpc) is 2.29. The van der Waals surface area contributed by atoms with Gasteiger partial charge >= 0.3 is 0 Å². The molecule has 0 N–H and O–H groups in total. The van der Waals surface area contributed by atoms with Crippen LogP contribution in [0.5, 0.6) is 0 Å². The molecule has 1 aliphatic carbocycles. The molecule has 0 aromatic carbocycles. The van der Waals surface area contributed by atoms with Gasteiger partial charge in [-0.05, 0) is 57.3 Å². The molecule has 0 saturated heterocycles. The Morgan fingerprint density at radius 2 is 1.89 bits per heavy atom. The number of allylic oxidation sites excluding steroid dienone is 2. The Labute approximate surface area is 117 Å². The Morgan fingerprint density at radius 3 is 2.33 bits per heavy atom. The third kappa shape index (κ3) is 3.90. The third-order valence-corrected chi connectivity index (χ3v) is 7.75. The molecule has 1 rings (SSSR count). The minimum atomic E-state index is -2.16. The third-order valence-electron chi connectivity index (χ3n) is 3.74. The number of hydrogen-bond acceptors (Lipinski definition) is 3. The predicted molar refractivity (Wildman–Crippen MR) is 82.6 cm³/mol. The van der Waals surface area contributed by atoms with Crippen LogP contribution >= 0.6 is 6.49 Å². The highest BCUT2D eigenvalue weighted by atomic mass is 32.5. The zero-order chi connectivity index (χ0) is 13.8. The van der Waals surface area contributed by atoms with E-state index in [0.717, 1.165) is 6.42 Å². The average molecular weight is 290 g/mol. The van der Waals surface area contributed by atoms with Crippen LogP contribution in [-0.2, 0) is 20.9 Å². The van der Waals surface area contributed by atoms with Crippen LogP contribution in [0, 0.1) is 11.8 Å². The van der Waals surface area contributed by atoms with Gasteiger partial charge in [0.25, 0.3) is 0 Å². The van der Waals surface area contributed by atoms with Crippen molar-refractivity contribution in [2.24, 2.45) is 11.8 Å². The highest BCUT2D eigenvalue weighted by Crippen LogP contribution is 2.59. The van der Waals surface area contributed by atoms with E-state index in [2.05, 4.69) is 26.8 Å². The fourth-order valence-corrected chi connectivity index (χ4v) is 6.22. The van der Waals surface area contributed by atoms with Crippen molar-refractivity contribution in [1.82, 2.24) is 0 Å². The van der Waals surface area contributed by atoms with Crippen LogP contribution in [0.4, 0.5) is 0 Å². The lowest BCUT2D eigenvalue weighted by molar-refractivity contribution is 0.251. The molecule has 18 heavy (non-hydrogen) atoms. The van der Waals surface area contributed by atoms with Crippen LogP contribution in [0.1, 0.15) is 47.5 Å². The van der Waals surface area contributed by atoms with E-state index in [9.17, 15) is 0 Å². The lowest BCUT2D eigenvalue weighted by atomic mass is 9.82. The second kappa shape index (κ2) is 7.19. The Balaban J connectivity index is 2.92. The molecule has 0 spiro atoms. The van der Waals surface area contributed by atoms with E-state index in [-0.39, 0.29) is 0 Å².